The smallest absolute Gasteiger partial charge is 0.119 e. The Bertz CT molecular complexity index is 519. The summed E-state index contributed by atoms with van der Waals surface area (Å²) in [6.07, 6.45) is 1.15. The van der Waals surface area contributed by atoms with Crippen LogP contribution >= 0.6 is 15.9 Å². The first kappa shape index (κ1) is 10.8. The average molecular weight is 289 g/mol. The molecule has 1 aliphatic rings. The van der Waals surface area contributed by atoms with Gasteiger partial charge in [-0.2, -0.15) is 0 Å². The van der Waals surface area contributed by atoms with Crippen molar-refractivity contribution in [2.45, 2.75) is 12.3 Å². The van der Waals surface area contributed by atoms with Gasteiger partial charge in [-0.05, 0) is 41.8 Å². The topological polar surface area (TPSA) is 9.23 Å². The Labute approximate surface area is 110 Å². The third-order valence-electron chi connectivity index (χ3n) is 3.23. The molecule has 0 saturated heterocycles. The van der Waals surface area contributed by atoms with Crippen LogP contribution in [0.15, 0.2) is 53.0 Å². The lowest BCUT2D eigenvalue weighted by Gasteiger charge is -2.29. The Balaban J connectivity index is 1.62. The van der Waals surface area contributed by atoms with E-state index in [1.54, 1.807) is 0 Å². The summed E-state index contributed by atoms with van der Waals surface area (Å²) in [5, 5.41) is 0. The standard InChI is InChI=1S/C15H13BrO/c16-13-5-7-14(8-6-13)17-10-12-9-11-3-1-2-4-15(11)12/h1-8,12H,9-10H2. The lowest BCUT2D eigenvalue weighted by Crippen LogP contribution is -2.22. The highest BCUT2D eigenvalue weighted by Gasteiger charge is 2.25. The maximum absolute atomic E-state index is 5.80. The second kappa shape index (κ2) is 4.53. The Morgan fingerprint density at radius 1 is 1.06 bits per heavy atom. The fraction of sp³-hybridized carbons (Fsp3) is 0.200. The van der Waals surface area contributed by atoms with Crippen molar-refractivity contribution in [1.82, 2.24) is 0 Å². The number of benzene rings is 2. The molecule has 0 aromatic heterocycles. The van der Waals surface area contributed by atoms with Crippen molar-refractivity contribution < 1.29 is 4.74 Å². The monoisotopic (exact) mass is 288 g/mol. The summed E-state index contributed by atoms with van der Waals surface area (Å²) < 4.78 is 6.88. The zero-order valence-corrected chi connectivity index (χ0v) is 11.0. The quantitative estimate of drug-likeness (QED) is 0.824. The van der Waals surface area contributed by atoms with E-state index in [9.17, 15) is 0 Å². The van der Waals surface area contributed by atoms with Gasteiger partial charge in [0, 0.05) is 10.4 Å². The summed E-state index contributed by atoms with van der Waals surface area (Å²) in [5.74, 6) is 1.51. The van der Waals surface area contributed by atoms with Gasteiger partial charge in [0.25, 0.3) is 0 Å². The molecule has 86 valence electrons. The van der Waals surface area contributed by atoms with E-state index in [0.29, 0.717) is 5.92 Å². The van der Waals surface area contributed by atoms with E-state index in [1.807, 2.05) is 24.3 Å². The van der Waals surface area contributed by atoms with E-state index < -0.39 is 0 Å². The summed E-state index contributed by atoms with van der Waals surface area (Å²) in [7, 11) is 0. The molecule has 3 rings (SSSR count). The van der Waals surface area contributed by atoms with E-state index in [0.717, 1.165) is 23.2 Å². The van der Waals surface area contributed by atoms with E-state index in [-0.39, 0.29) is 0 Å². The summed E-state index contributed by atoms with van der Waals surface area (Å²) in [4.78, 5) is 0. The molecule has 0 spiro atoms. The third kappa shape index (κ3) is 2.22. The zero-order valence-electron chi connectivity index (χ0n) is 9.40. The van der Waals surface area contributed by atoms with Crippen LogP contribution in [-0.2, 0) is 6.42 Å². The van der Waals surface area contributed by atoms with Crippen molar-refractivity contribution in [2.24, 2.45) is 0 Å². The molecular weight excluding hydrogens is 276 g/mol. The van der Waals surface area contributed by atoms with E-state index in [2.05, 4.69) is 40.2 Å². The number of hydrogen-bond acceptors (Lipinski definition) is 1. The van der Waals surface area contributed by atoms with Gasteiger partial charge < -0.3 is 4.74 Å². The van der Waals surface area contributed by atoms with Gasteiger partial charge in [-0.15, -0.1) is 0 Å². The van der Waals surface area contributed by atoms with Gasteiger partial charge in [-0.25, -0.2) is 0 Å². The van der Waals surface area contributed by atoms with Crippen molar-refractivity contribution in [3.8, 4) is 5.75 Å². The van der Waals surface area contributed by atoms with Crippen LogP contribution < -0.4 is 4.74 Å². The molecule has 0 fully saturated rings. The molecule has 0 heterocycles. The van der Waals surface area contributed by atoms with Crippen molar-refractivity contribution in [1.29, 1.82) is 0 Å². The maximum atomic E-state index is 5.80. The third-order valence-corrected chi connectivity index (χ3v) is 3.75. The van der Waals surface area contributed by atoms with Crippen LogP contribution in [0, 0.1) is 0 Å². The van der Waals surface area contributed by atoms with Gasteiger partial charge in [0.2, 0.25) is 0 Å². The molecule has 2 heteroatoms. The van der Waals surface area contributed by atoms with Crippen LogP contribution in [0.2, 0.25) is 0 Å². The normalized spacial score (nSPS) is 17.1. The lowest BCUT2D eigenvalue weighted by molar-refractivity contribution is 0.275. The molecule has 0 saturated carbocycles. The van der Waals surface area contributed by atoms with Crippen molar-refractivity contribution >= 4 is 15.9 Å². The predicted octanol–water partition coefficient (Wildman–Crippen LogP) is 4.17. The SMILES string of the molecule is Brc1ccc(OCC2Cc3ccccc32)cc1. The molecule has 0 bridgehead atoms. The highest BCUT2D eigenvalue weighted by molar-refractivity contribution is 9.10. The van der Waals surface area contributed by atoms with Crippen LogP contribution in [-0.4, -0.2) is 6.61 Å². The highest BCUT2D eigenvalue weighted by atomic mass is 79.9. The second-order valence-electron chi connectivity index (χ2n) is 4.36. The molecule has 1 nitrogen and oxygen atoms in total. The number of ether oxygens (including phenoxy) is 1. The van der Waals surface area contributed by atoms with E-state index in [4.69, 9.17) is 4.74 Å². The molecule has 1 aliphatic carbocycles. The van der Waals surface area contributed by atoms with Crippen LogP contribution in [0.4, 0.5) is 0 Å². The molecule has 2 aromatic rings. The van der Waals surface area contributed by atoms with Crippen molar-refractivity contribution in [3.63, 3.8) is 0 Å². The minimum Gasteiger partial charge on any atom is -0.493 e. The van der Waals surface area contributed by atoms with E-state index in [1.165, 1.54) is 11.1 Å². The van der Waals surface area contributed by atoms with Crippen molar-refractivity contribution in [2.75, 3.05) is 6.61 Å². The molecule has 0 aliphatic heterocycles. The lowest BCUT2D eigenvalue weighted by atomic mass is 9.78. The molecule has 0 amide bonds. The number of hydrogen-bond donors (Lipinski definition) is 0. The molecule has 1 atom stereocenters. The van der Waals surface area contributed by atoms with Crippen LogP contribution in [0.25, 0.3) is 0 Å². The largest absolute Gasteiger partial charge is 0.493 e. The minimum absolute atomic E-state index is 0.565. The number of fused-ring (bicyclic) bond motifs is 1. The Morgan fingerprint density at radius 2 is 1.82 bits per heavy atom. The van der Waals surface area contributed by atoms with E-state index >= 15 is 0 Å². The average Bonchev–Trinajstić information content (AvgIpc) is 2.33. The predicted molar refractivity (Wildman–Crippen MR) is 72.5 cm³/mol. The highest BCUT2D eigenvalue weighted by Crippen LogP contribution is 2.35. The van der Waals surface area contributed by atoms with Crippen molar-refractivity contribution in [3.05, 3.63) is 64.1 Å². The van der Waals surface area contributed by atoms with Crippen LogP contribution in [0.5, 0.6) is 5.75 Å². The Morgan fingerprint density at radius 3 is 2.59 bits per heavy atom. The summed E-state index contributed by atoms with van der Waals surface area (Å²) in [5.41, 5.74) is 2.92. The molecule has 0 N–H and O–H groups in total. The second-order valence-corrected chi connectivity index (χ2v) is 5.28. The summed E-state index contributed by atoms with van der Waals surface area (Å²) in [6, 6.07) is 16.6. The van der Waals surface area contributed by atoms with Gasteiger partial charge in [0.05, 0.1) is 6.61 Å². The van der Waals surface area contributed by atoms with Gasteiger partial charge >= 0.3 is 0 Å². The van der Waals surface area contributed by atoms with Gasteiger partial charge in [-0.1, -0.05) is 40.2 Å². The fourth-order valence-corrected chi connectivity index (χ4v) is 2.50. The van der Waals surface area contributed by atoms with Gasteiger partial charge in [-0.3, -0.25) is 0 Å². The maximum Gasteiger partial charge on any atom is 0.119 e. The summed E-state index contributed by atoms with van der Waals surface area (Å²) >= 11 is 3.42. The van der Waals surface area contributed by atoms with Gasteiger partial charge in [0.15, 0.2) is 0 Å². The van der Waals surface area contributed by atoms with Gasteiger partial charge in [0.1, 0.15) is 5.75 Å². The summed E-state index contributed by atoms with van der Waals surface area (Å²) in [6.45, 7) is 0.776. The van der Waals surface area contributed by atoms with Crippen LogP contribution in [0.3, 0.4) is 0 Å². The first-order valence-corrected chi connectivity index (χ1v) is 6.58. The molecule has 2 aromatic carbocycles. The first-order chi connectivity index (χ1) is 8.33. The zero-order chi connectivity index (χ0) is 11.7. The molecule has 17 heavy (non-hydrogen) atoms. The number of rotatable bonds is 3. The number of halogens is 1. The molecular formula is C15H13BrO. The fourth-order valence-electron chi connectivity index (χ4n) is 2.24. The first-order valence-electron chi connectivity index (χ1n) is 5.79. The minimum atomic E-state index is 0.565. The van der Waals surface area contributed by atoms with Crippen LogP contribution in [0.1, 0.15) is 17.0 Å². The molecule has 0 radical (unpaired) electrons. The Kier molecular flexibility index (Phi) is 2.89. The molecule has 1 unspecified atom stereocenters. The Hall–Kier alpha value is -1.28.